The van der Waals surface area contributed by atoms with Crippen molar-refractivity contribution in [3.05, 3.63) is 71.5 Å². The Morgan fingerprint density at radius 2 is 1.74 bits per heavy atom. The average molecular weight is 468 g/mol. The van der Waals surface area contributed by atoms with Crippen LogP contribution in [0.15, 0.2) is 54.7 Å². The number of rotatable bonds is 8. The molecule has 1 N–H and O–H groups in total. The second-order valence-corrected chi connectivity index (χ2v) is 7.26. The monoisotopic (exact) mass is 468 g/mol. The molecular weight excluding hydrogens is 446 g/mol. The molecule has 8 nitrogen and oxygen atoms in total. The van der Waals surface area contributed by atoms with Gasteiger partial charge in [0, 0.05) is 12.1 Å². The fourth-order valence-corrected chi connectivity index (χ4v) is 3.48. The third-order valence-corrected chi connectivity index (χ3v) is 5.25. The van der Waals surface area contributed by atoms with Crippen LogP contribution >= 0.6 is 0 Å². The summed E-state index contributed by atoms with van der Waals surface area (Å²) in [5.74, 6) is 1.22. The second kappa shape index (κ2) is 9.74. The van der Waals surface area contributed by atoms with Gasteiger partial charge in [-0.1, -0.05) is 6.07 Å². The molecule has 0 radical (unpaired) electrons. The normalized spacial score (nSPS) is 11.0. The van der Waals surface area contributed by atoms with E-state index in [1.807, 2.05) is 0 Å². The Hall–Kier alpha value is -4.21. The molecule has 0 unspecified atom stereocenters. The molecule has 0 bridgehead atoms. The van der Waals surface area contributed by atoms with Gasteiger partial charge in [0.2, 0.25) is 0 Å². The zero-order valence-corrected chi connectivity index (χ0v) is 18.7. The van der Waals surface area contributed by atoms with E-state index in [0.29, 0.717) is 28.5 Å². The van der Waals surface area contributed by atoms with E-state index in [1.54, 1.807) is 42.5 Å². The van der Waals surface area contributed by atoms with Gasteiger partial charge < -0.3 is 19.5 Å². The maximum absolute atomic E-state index is 13.8. The number of ether oxygens (including phenoxy) is 3. The number of halogens is 2. The summed E-state index contributed by atoms with van der Waals surface area (Å²) < 4.78 is 44.2. The summed E-state index contributed by atoms with van der Waals surface area (Å²) >= 11 is 0. The summed E-state index contributed by atoms with van der Waals surface area (Å²) in [7, 11) is 4.59. The highest BCUT2D eigenvalue weighted by atomic mass is 19.3. The molecule has 176 valence electrons. The molecule has 4 aromatic rings. The van der Waals surface area contributed by atoms with Crippen LogP contribution in [-0.4, -0.2) is 41.8 Å². The largest absolute Gasteiger partial charge is 0.497 e. The zero-order valence-electron chi connectivity index (χ0n) is 18.7. The molecule has 0 spiro atoms. The number of nitrogens with one attached hydrogen (secondary N) is 1. The van der Waals surface area contributed by atoms with Crippen LogP contribution in [0.25, 0.3) is 16.9 Å². The van der Waals surface area contributed by atoms with Gasteiger partial charge in [-0.3, -0.25) is 4.79 Å². The summed E-state index contributed by atoms with van der Waals surface area (Å²) in [5.41, 5.74) is 1.41. The fourth-order valence-electron chi connectivity index (χ4n) is 3.48. The summed E-state index contributed by atoms with van der Waals surface area (Å²) in [6.45, 7) is 0.177. The van der Waals surface area contributed by atoms with Crippen LogP contribution in [0.1, 0.15) is 28.0 Å². The Morgan fingerprint density at radius 3 is 2.38 bits per heavy atom. The van der Waals surface area contributed by atoms with Gasteiger partial charge in [0.15, 0.2) is 17.1 Å². The molecule has 0 aliphatic heterocycles. The van der Waals surface area contributed by atoms with E-state index in [2.05, 4.69) is 15.4 Å². The number of aromatic nitrogens is 3. The van der Waals surface area contributed by atoms with E-state index in [0.717, 1.165) is 10.1 Å². The maximum Gasteiger partial charge on any atom is 0.280 e. The van der Waals surface area contributed by atoms with Crippen LogP contribution in [0.4, 0.5) is 8.78 Å². The number of hydrogen-bond donors (Lipinski definition) is 1. The minimum absolute atomic E-state index is 0.0356. The van der Waals surface area contributed by atoms with Gasteiger partial charge in [0.25, 0.3) is 12.3 Å². The van der Waals surface area contributed by atoms with Crippen molar-refractivity contribution in [2.24, 2.45) is 0 Å². The van der Waals surface area contributed by atoms with Crippen LogP contribution < -0.4 is 19.5 Å². The maximum atomic E-state index is 13.8. The van der Waals surface area contributed by atoms with Crippen LogP contribution in [-0.2, 0) is 6.54 Å². The molecule has 4 rings (SSSR count). The first-order chi connectivity index (χ1) is 16.4. The van der Waals surface area contributed by atoms with Crippen molar-refractivity contribution < 1.29 is 27.8 Å². The first-order valence-electron chi connectivity index (χ1n) is 10.3. The van der Waals surface area contributed by atoms with Crippen LogP contribution in [0.5, 0.6) is 17.2 Å². The Kier molecular flexibility index (Phi) is 6.58. The number of methoxy groups -OCH3 is 3. The van der Waals surface area contributed by atoms with E-state index < -0.39 is 12.3 Å². The summed E-state index contributed by atoms with van der Waals surface area (Å²) in [6, 6.07) is 13.3. The number of carbonyl (C=O) groups is 1. The lowest BCUT2D eigenvalue weighted by atomic mass is 10.1. The van der Waals surface area contributed by atoms with Gasteiger partial charge in [0.05, 0.1) is 33.2 Å². The van der Waals surface area contributed by atoms with Gasteiger partial charge in [-0.2, -0.15) is 5.10 Å². The third kappa shape index (κ3) is 4.47. The number of alkyl halides is 2. The van der Waals surface area contributed by atoms with Gasteiger partial charge in [-0.05, 0) is 48.0 Å². The molecule has 0 atom stereocenters. The van der Waals surface area contributed by atoms with Crippen molar-refractivity contribution in [1.82, 2.24) is 19.9 Å². The highest BCUT2D eigenvalue weighted by Crippen LogP contribution is 2.29. The lowest BCUT2D eigenvalue weighted by Crippen LogP contribution is -2.23. The molecule has 10 heteroatoms. The molecule has 2 aromatic carbocycles. The first-order valence-corrected chi connectivity index (χ1v) is 10.3. The molecule has 0 aliphatic carbocycles. The van der Waals surface area contributed by atoms with Crippen molar-refractivity contribution in [2.75, 3.05) is 21.3 Å². The van der Waals surface area contributed by atoms with Crippen molar-refractivity contribution in [3.63, 3.8) is 0 Å². The molecular formula is C24H22F2N4O4. The van der Waals surface area contributed by atoms with E-state index in [4.69, 9.17) is 14.2 Å². The summed E-state index contributed by atoms with van der Waals surface area (Å²) in [5, 5.41) is 6.76. The number of amides is 1. The lowest BCUT2D eigenvalue weighted by Gasteiger charge is -2.11. The molecule has 0 aliphatic rings. The predicted octanol–water partition coefficient (Wildman–Crippen LogP) is 4.29. The molecule has 34 heavy (non-hydrogen) atoms. The van der Waals surface area contributed by atoms with Crippen molar-refractivity contribution in [3.8, 4) is 28.5 Å². The quantitative estimate of drug-likeness (QED) is 0.415. The summed E-state index contributed by atoms with van der Waals surface area (Å²) in [6.07, 6.45) is -1.58. The lowest BCUT2D eigenvalue weighted by molar-refractivity contribution is 0.0952. The zero-order chi connectivity index (χ0) is 24.2. The standard InChI is InChI=1S/C24H22F2N4O4/c1-32-16-7-5-15(6-8-16)18-11-19(22(25)26)30-23(29-18)17(13-28-30)24(31)27-12-14-4-9-20(33-2)21(10-14)34-3/h4-11,13,22H,12H2,1-3H3,(H,27,31). The molecule has 2 aromatic heterocycles. The first kappa shape index (κ1) is 23.0. The van der Waals surface area contributed by atoms with E-state index in [1.165, 1.54) is 33.6 Å². The van der Waals surface area contributed by atoms with Crippen molar-refractivity contribution in [2.45, 2.75) is 13.0 Å². The minimum Gasteiger partial charge on any atom is -0.497 e. The number of hydrogen-bond acceptors (Lipinski definition) is 6. The Labute approximate surface area is 194 Å². The number of benzene rings is 2. The molecule has 2 heterocycles. The van der Waals surface area contributed by atoms with Crippen LogP contribution in [0, 0.1) is 0 Å². The third-order valence-electron chi connectivity index (χ3n) is 5.25. The smallest absolute Gasteiger partial charge is 0.280 e. The Morgan fingerprint density at radius 1 is 1.00 bits per heavy atom. The van der Waals surface area contributed by atoms with Crippen LogP contribution in [0.3, 0.4) is 0 Å². The van der Waals surface area contributed by atoms with Gasteiger partial charge in [0.1, 0.15) is 17.0 Å². The van der Waals surface area contributed by atoms with Crippen molar-refractivity contribution >= 4 is 11.6 Å². The molecule has 1 amide bonds. The molecule has 0 saturated heterocycles. The Balaban J connectivity index is 1.65. The number of fused-ring (bicyclic) bond motifs is 1. The Bertz CT molecular complexity index is 1320. The molecule has 0 saturated carbocycles. The average Bonchev–Trinajstić information content (AvgIpc) is 3.30. The summed E-state index contributed by atoms with van der Waals surface area (Å²) in [4.78, 5) is 17.4. The number of carbonyl (C=O) groups excluding carboxylic acids is 1. The van der Waals surface area contributed by atoms with E-state index >= 15 is 0 Å². The highest BCUT2D eigenvalue weighted by Gasteiger charge is 2.21. The SMILES string of the molecule is COc1ccc(-c2cc(C(F)F)n3ncc(C(=O)NCc4ccc(OC)c(OC)c4)c3n2)cc1. The second-order valence-electron chi connectivity index (χ2n) is 7.26. The number of nitrogens with zero attached hydrogens (tertiary/aromatic N) is 3. The van der Waals surface area contributed by atoms with Gasteiger partial charge in [-0.25, -0.2) is 18.3 Å². The predicted molar refractivity (Wildman–Crippen MR) is 121 cm³/mol. The highest BCUT2D eigenvalue weighted by molar-refractivity contribution is 5.99. The van der Waals surface area contributed by atoms with E-state index in [9.17, 15) is 13.6 Å². The molecule has 0 fully saturated rings. The van der Waals surface area contributed by atoms with Crippen molar-refractivity contribution in [1.29, 1.82) is 0 Å². The van der Waals surface area contributed by atoms with Gasteiger partial charge in [-0.15, -0.1) is 0 Å². The fraction of sp³-hybridized carbons (Fsp3) is 0.208. The van der Waals surface area contributed by atoms with Crippen LogP contribution in [0.2, 0.25) is 0 Å². The minimum atomic E-state index is -2.81. The van der Waals surface area contributed by atoms with E-state index in [-0.39, 0.29) is 23.4 Å². The topological polar surface area (TPSA) is 87.0 Å². The van der Waals surface area contributed by atoms with Gasteiger partial charge >= 0.3 is 0 Å².